The summed E-state index contributed by atoms with van der Waals surface area (Å²) in [4.78, 5) is 4.55. The molecule has 0 aliphatic carbocycles. The molecule has 0 aromatic heterocycles. The fourth-order valence-corrected chi connectivity index (χ4v) is 5.53. The number of fused-ring (bicyclic) bond motifs is 2. The monoisotopic (exact) mass is 514 g/mol. The molecule has 0 fully saturated rings. The number of rotatable bonds is 8. The predicted molar refractivity (Wildman–Crippen MR) is 160 cm³/mol. The second-order valence-electron chi connectivity index (χ2n) is 10.2. The van der Waals surface area contributed by atoms with Crippen molar-refractivity contribution in [2.24, 2.45) is 0 Å². The van der Waals surface area contributed by atoms with Gasteiger partial charge < -0.3 is 19.3 Å². The van der Waals surface area contributed by atoms with E-state index in [0.717, 1.165) is 43.9 Å². The van der Waals surface area contributed by atoms with Crippen LogP contribution in [0.25, 0.3) is 0 Å². The van der Waals surface area contributed by atoms with Crippen LogP contribution in [0, 0.1) is 0 Å². The second kappa shape index (κ2) is 11.1. The molecule has 196 valence electrons. The first kappa shape index (κ1) is 24.9. The summed E-state index contributed by atoms with van der Waals surface area (Å²) < 4.78 is 12.3. The molecule has 4 nitrogen and oxygen atoms in total. The van der Waals surface area contributed by atoms with E-state index in [2.05, 4.69) is 108 Å². The lowest BCUT2D eigenvalue weighted by Gasteiger charge is -2.32. The van der Waals surface area contributed by atoms with E-state index in [1.165, 1.54) is 44.8 Å². The maximum Gasteiger partial charge on any atom is 0.161 e. The normalized spacial score (nSPS) is 14.1. The second-order valence-corrected chi connectivity index (χ2v) is 10.2. The van der Waals surface area contributed by atoms with Crippen molar-refractivity contribution < 1.29 is 9.47 Å². The van der Waals surface area contributed by atoms with Crippen LogP contribution in [-0.2, 0) is 32.4 Å². The molecule has 2 heterocycles. The Balaban J connectivity index is 1.08. The third-order valence-electron chi connectivity index (χ3n) is 7.55. The Bertz CT molecular complexity index is 1360. The van der Waals surface area contributed by atoms with Crippen LogP contribution in [0.5, 0.6) is 11.5 Å². The number of hydrogen-bond acceptors (Lipinski definition) is 4. The number of para-hydroxylation sites is 2. The van der Waals surface area contributed by atoms with Gasteiger partial charge in [-0.25, -0.2) is 0 Å². The molecule has 4 aromatic rings. The Morgan fingerprint density at radius 2 is 1.03 bits per heavy atom. The van der Waals surface area contributed by atoms with Crippen molar-refractivity contribution in [2.75, 3.05) is 23.3 Å². The molecule has 0 N–H and O–H groups in total. The summed E-state index contributed by atoms with van der Waals surface area (Å²) in [6.07, 6.45) is 6.41. The van der Waals surface area contributed by atoms with Gasteiger partial charge in [-0.1, -0.05) is 72.8 Å². The number of allylic oxidation sites excluding steroid dienone is 2. The Labute approximate surface area is 231 Å². The SMILES string of the molecule is C=CCc1cccc2c1OCN(c1ccc(Cc3ccc(N4COc5c(CC=C)cccc5C4)cc3)cc1)C2. The average molecular weight is 515 g/mol. The van der Waals surface area contributed by atoms with Gasteiger partial charge in [0, 0.05) is 35.6 Å². The minimum absolute atomic E-state index is 0.558. The van der Waals surface area contributed by atoms with Crippen LogP contribution in [0.2, 0.25) is 0 Å². The van der Waals surface area contributed by atoms with Crippen molar-refractivity contribution in [1.82, 2.24) is 0 Å². The van der Waals surface area contributed by atoms with E-state index in [4.69, 9.17) is 9.47 Å². The van der Waals surface area contributed by atoms with Crippen LogP contribution in [0.3, 0.4) is 0 Å². The van der Waals surface area contributed by atoms with Crippen LogP contribution in [0.1, 0.15) is 33.4 Å². The van der Waals surface area contributed by atoms with Crippen molar-refractivity contribution >= 4 is 11.4 Å². The Hall–Kier alpha value is -4.44. The zero-order chi connectivity index (χ0) is 26.6. The first-order chi connectivity index (χ1) is 19.2. The van der Waals surface area contributed by atoms with Crippen molar-refractivity contribution in [3.05, 3.63) is 144 Å². The quantitative estimate of drug-likeness (QED) is 0.228. The molecule has 0 amide bonds. The highest BCUT2D eigenvalue weighted by atomic mass is 16.5. The van der Waals surface area contributed by atoms with E-state index >= 15 is 0 Å². The van der Waals surface area contributed by atoms with E-state index < -0.39 is 0 Å². The predicted octanol–water partition coefficient (Wildman–Crippen LogP) is 7.45. The highest BCUT2D eigenvalue weighted by Gasteiger charge is 2.21. The van der Waals surface area contributed by atoms with Crippen LogP contribution in [-0.4, -0.2) is 13.5 Å². The van der Waals surface area contributed by atoms with Gasteiger partial charge in [0.25, 0.3) is 0 Å². The lowest BCUT2D eigenvalue weighted by Crippen LogP contribution is -2.32. The maximum atomic E-state index is 6.16. The summed E-state index contributed by atoms with van der Waals surface area (Å²) in [5, 5.41) is 0. The van der Waals surface area contributed by atoms with Gasteiger partial charge in [-0.15, -0.1) is 13.2 Å². The molecule has 39 heavy (non-hydrogen) atoms. The van der Waals surface area contributed by atoms with E-state index in [0.29, 0.717) is 13.5 Å². The summed E-state index contributed by atoms with van der Waals surface area (Å²) in [6, 6.07) is 30.5. The molecule has 0 radical (unpaired) electrons. The molecule has 2 aliphatic rings. The van der Waals surface area contributed by atoms with E-state index in [-0.39, 0.29) is 0 Å². The van der Waals surface area contributed by atoms with Gasteiger partial charge in [0.05, 0.1) is 0 Å². The van der Waals surface area contributed by atoms with Gasteiger partial charge in [-0.3, -0.25) is 0 Å². The van der Waals surface area contributed by atoms with Crippen LogP contribution in [0.15, 0.2) is 110 Å². The molecule has 4 aromatic carbocycles. The van der Waals surface area contributed by atoms with Gasteiger partial charge in [-0.2, -0.15) is 0 Å². The number of hydrogen-bond donors (Lipinski definition) is 0. The molecule has 0 spiro atoms. The van der Waals surface area contributed by atoms with Crippen LogP contribution < -0.4 is 19.3 Å². The van der Waals surface area contributed by atoms with Crippen LogP contribution >= 0.6 is 0 Å². The van der Waals surface area contributed by atoms with E-state index in [1.54, 1.807) is 0 Å². The number of anilines is 2. The highest BCUT2D eigenvalue weighted by Crippen LogP contribution is 2.33. The Morgan fingerprint density at radius 3 is 1.44 bits per heavy atom. The van der Waals surface area contributed by atoms with E-state index in [9.17, 15) is 0 Å². The summed E-state index contributed by atoms with van der Waals surface area (Å²) in [6.45, 7) is 10.6. The molecule has 0 atom stereocenters. The number of benzene rings is 4. The third kappa shape index (κ3) is 5.28. The lowest BCUT2D eigenvalue weighted by atomic mass is 10.0. The minimum atomic E-state index is 0.558. The van der Waals surface area contributed by atoms with Crippen molar-refractivity contribution in [3.63, 3.8) is 0 Å². The lowest BCUT2D eigenvalue weighted by molar-refractivity contribution is 0.286. The van der Waals surface area contributed by atoms with E-state index in [1.807, 2.05) is 12.2 Å². The van der Waals surface area contributed by atoms with Crippen molar-refractivity contribution in [3.8, 4) is 11.5 Å². The molecule has 2 aliphatic heterocycles. The molecule has 0 bridgehead atoms. The van der Waals surface area contributed by atoms with Gasteiger partial charge in [-0.05, 0) is 65.8 Å². The molecule has 0 saturated carbocycles. The van der Waals surface area contributed by atoms with Gasteiger partial charge in [0.2, 0.25) is 0 Å². The van der Waals surface area contributed by atoms with Gasteiger partial charge in [0.15, 0.2) is 13.5 Å². The Morgan fingerprint density at radius 1 is 0.590 bits per heavy atom. The van der Waals surface area contributed by atoms with Crippen molar-refractivity contribution in [1.29, 1.82) is 0 Å². The first-order valence-corrected chi connectivity index (χ1v) is 13.6. The zero-order valence-electron chi connectivity index (χ0n) is 22.3. The summed E-state index contributed by atoms with van der Waals surface area (Å²) in [7, 11) is 0. The summed E-state index contributed by atoms with van der Waals surface area (Å²) >= 11 is 0. The topological polar surface area (TPSA) is 24.9 Å². The van der Waals surface area contributed by atoms with Crippen LogP contribution in [0.4, 0.5) is 11.4 Å². The standard InChI is InChI=1S/C35H34N2O2/c1-3-7-28-9-5-11-30-22-36(24-38-34(28)30)32-17-13-26(14-18-32)21-27-15-19-33(20-16-27)37-23-31-12-6-10-29(8-4-2)35(31)39-25-37/h3-6,9-20H,1-2,7-8,21-25H2. The summed E-state index contributed by atoms with van der Waals surface area (Å²) in [5.41, 5.74) is 9.81. The molecule has 0 unspecified atom stereocenters. The minimum Gasteiger partial charge on any atom is -0.472 e. The largest absolute Gasteiger partial charge is 0.472 e. The average Bonchev–Trinajstić information content (AvgIpc) is 2.98. The zero-order valence-corrected chi connectivity index (χ0v) is 22.3. The maximum absolute atomic E-state index is 6.16. The fraction of sp³-hybridized carbons (Fsp3) is 0.200. The smallest absolute Gasteiger partial charge is 0.161 e. The van der Waals surface area contributed by atoms with Gasteiger partial charge in [0.1, 0.15) is 11.5 Å². The molecular weight excluding hydrogens is 480 g/mol. The van der Waals surface area contributed by atoms with Crippen molar-refractivity contribution in [2.45, 2.75) is 32.4 Å². The third-order valence-corrected chi connectivity index (χ3v) is 7.55. The molecule has 4 heteroatoms. The fourth-order valence-electron chi connectivity index (χ4n) is 5.53. The molecule has 6 rings (SSSR count). The summed E-state index contributed by atoms with van der Waals surface area (Å²) in [5.74, 6) is 2.04. The molecular formula is C35H34N2O2. The first-order valence-electron chi connectivity index (χ1n) is 13.6. The Kier molecular flexibility index (Phi) is 7.09. The molecule has 0 saturated heterocycles. The number of nitrogens with zero attached hydrogens (tertiary/aromatic N) is 2. The van der Waals surface area contributed by atoms with Gasteiger partial charge >= 0.3 is 0 Å². The number of ether oxygens (including phenoxy) is 2. The highest BCUT2D eigenvalue weighted by molar-refractivity contribution is 5.55.